The predicted octanol–water partition coefficient (Wildman–Crippen LogP) is 2.84. The van der Waals surface area contributed by atoms with Crippen molar-refractivity contribution in [3.63, 3.8) is 0 Å². The lowest BCUT2D eigenvalue weighted by atomic mass is 10.1. The van der Waals surface area contributed by atoms with E-state index in [9.17, 15) is 9.59 Å². The van der Waals surface area contributed by atoms with Crippen LogP contribution in [0, 0.1) is 0 Å². The average molecular weight is 293 g/mol. The molecule has 0 aliphatic heterocycles. The van der Waals surface area contributed by atoms with Gasteiger partial charge in [-0.15, -0.1) is 11.3 Å². The maximum Gasteiger partial charge on any atom is 0.341 e. The van der Waals surface area contributed by atoms with Crippen LogP contribution in [-0.2, 0) is 9.47 Å². The van der Waals surface area contributed by atoms with Gasteiger partial charge < -0.3 is 15.2 Å². The highest BCUT2D eigenvalue weighted by atomic mass is 32.1. The number of esters is 2. The summed E-state index contributed by atoms with van der Waals surface area (Å²) in [7, 11) is 0. The van der Waals surface area contributed by atoms with E-state index >= 15 is 0 Å². The van der Waals surface area contributed by atoms with E-state index in [-0.39, 0.29) is 18.8 Å². The van der Waals surface area contributed by atoms with Crippen LogP contribution in [0.2, 0.25) is 0 Å². The quantitative estimate of drug-likeness (QED) is 0.877. The van der Waals surface area contributed by atoms with E-state index in [4.69, 9.17) is 15.2 Å². The zero-order valence-electron chi connectivity index (χ0n) is 11.3. The molecular formula is C14H15NO4S. The third kappa shape index (κ3) is 2.46. The number of hydrogen-bond donors (Lipinski definition) is 1. The molecule has 106 valence electrons. The Bertz CT molecular complexity index is 662. The van der Waals surface area contributed by atoms with E-state index in [0.29, 0.717) is 16.0 Å². The third-order valence-corrected chi connectivity index (χ3v) is 3.70. The van der Waals surface area contributed by atoms with Crippen LogP contribution < -0.4 is 5.73 Å². The van der Waals surface area contributed by atoms with Gasteiger partial charge in [0.15, 0.2) is 0 Å². The van der Waals surface area contributed by atoms with Crippen LogP contribution in [0.25, 0.3) is 10.1 Å². The van der Waals surface area contributed by atoms with E-state index in [1.165, 1.54) is 11.3 Å². The van der Waals surface area contributed by atoms with Crippen LogP contribution in [-0.4, -0.2) is 25.2 Å². The Hall–Kier alpha value is -2.08. The summed E-state index contributed by atoms with van der Waals surface area (Å²) in [6, 6.07) is 5.16. The summed E-state index contributed by atoms with van der Waals surface area (Å²) in [5.74, 6) is -0.991. The predicted molar refractivity (Wildman–Crippen MR) is 78.2 cm³/mol. The number of thiophene rings is 1. The Balaban J connectivity index is 2.65. The summed E-state index contributed by atoms with van der Waals surface area (Å²) < 4.78 is 10.8. The molecule has 0 aliphatic rings. The Morgan fingerprint density at radius 2 is 1.80 bits per heavy atom. The van der Waals surface area contributed by atoms with E-state index in [1.807, 2.05) is 6.07 Å². The number of fused-ring (bicyclic) bond motifs is 1. The second kappa shape index (κ2) is 5.92. The lowest BCUT2D eigenvalue weighted by molar-refractivity contribution is 0.0527. The van der Waals surface area contributed by atoms with Gasteiger partial charge in [0.25, 0.3) is 0 Å². The molecule has 1 aromatic heterocycles. The molecule has 2 N–H and O–H groups in total. The topological polar surface area (TPSA) is 78.6 Å². The summed E-state index contributed by atoms with van der Waals surface area (Å²) in [6.07, 6.45) is 0. The molecule has 2 rings (SSSR count). The van der Waals surface area contributed by atoms with Gasteiger partial charge in [-0.05, 0) is 26.0 Å². The normalized spacial score (nSPS) is 10.5. The highest BCUT2D eigenvalue weighted by Gasteiger charge is 2.23. The van der Waals surface area contributed by atoms with Gasteiger partial charge in [0.1, 0.15) is 10.6 Å². The second-order valence-electron chi connectivity index (χ2n) is 3.96. The van der Waals surface area contributed by atoms with Crippen LogP contribution in [0.15, 0.2) is 18.2 Å². The first-order valence-electron chi connectivity index (χ1n) is 6.25. The first-order valence-corrected chi connectivity index (χ1v) is 7.07. The molecule has 0 saturated heterocycles. The number of carbonyl (C=O) groups excluding carboxylic acids is 2. The molecule has 6 heteroatoms. The Kier molecular flexibility index (Phi) is 4.24. The van der Waals surface area contributed by atoms with Gasteiger partial charge in [-0.3, -0.25) is 0 Å². The number of nitrogen functional groups attached to an aromatic ring is 1. The number of benzene rings is 1. The van der Waals surface area contributed by atoms with Crippen LogP contribution in [0.5, 0.6) is 0 Å². The minimum Gasteiger partial charge on any atom is -0.462 e. The molecule has 20 heavy (non-hydrogen) atoms. The van der Waals surface area contributed by atoms with Crippen molar-refractivity contribution in [3.05, 3.63) is 29.3 Å². The number of carbonyl (C=O) groups is 2. The highest BCUT2D eigenvalue weighted by Crippen LogP contribution is 2.36. The molecule has 2 aromatic rings. The fraction of sp³-hybridized carbons (Fsp3) is 0.286. The zero-order chi connectivity index (χ0) is 14.7. The standard InChI is InChI=1S/C14H15NO4S/c1-3-18-13(16)8-6-5-7-9-10(8)11(12(15)20-9)14(17)19-4-2/h5-7H,3-4,15H2,1-2H3. The number of anilines is 1. The van der Waals surface area contributed by atoms with Gasteiger partial charge in [0.05, 0.1) is 18.8 Å². The first kappa shape index (κ1) is 14.3. The number of ether oxygens (including phenoxy) is 2. The van der Waals surface area contributed by atoms with Crippen LogP contribution in [0.1, 0.15) is 34.6 Å². The molecule has 1 heterocycles. The fourth-order valence-corrected chi connectivity index (χ4v) is 2.94. The summed E-state index contributed by atoms with van der Waals surface area (Å²) in [4.78, 5) is 24.0. The summed E-state index contributed by atoms with van der Waals surface area (Å²) in [5, 5.41) is 0.849. The molecule has 1 aromatic carbocycles. The van der Waals surface area contributed by atoms with Gasteiger partial charge >= 0.3 is 11.9 Å². The van der Waals surface area contributed by atoms with Crippen molar-refractivity contribution in [2.24, 2.45) is 0 Å². The number of hydrogen-bond acceptors (Lipinski definition) is 6. The third-order valence-electron chi connectivity index (χ3n) is 2.72. The zero-order valence-corrected chi connectivity index (χ0v) is 12.1. The SMILES string of the molecule is CCOC(=O)c1cccc2sc(N)c(C(=O)OCC)c12. The Labute approximate surface area is 120 Å². The molecule has 0 atom stereocenters. The second-order valence-corrected chi connectivity index (χ2v) is 5.04. The average Bonchev–Trinajstić information content (AvgIpc) is 2.74. The molecule has 0 fully saturated rings. The number of rotatable bonds is 4. The Morgan fingerprint density at radius 1 is 1.15 bits per heavy atom. The molecule has 0 bridgehead atoms. The van der Waals surface area contributed by atoms with Gasteiger partial charge in [-0.25, -0.2) is 9.59 Å². The molecule has 5 nitrogen and oxygen atoms in total. The van der Waals surface area contributed by atoms with Crippen molar-refractivity contribution in [3.8, 4) is 0 Å². The summed E-state index contributed by atoms with van der Waals surface area (Å²) in [5.41, 5.74) is 6.47. The van der Waals surface area contributed by atoms with Crippen molar-refractivity contribution >= 4 is 38.4 Å². The van der Waals surface area contributed by atoms with E-state index in [0.717, 1.165) is 4.70 Å². The fourth-order valence-electron chi connectivity index (χ4n) is 1.95. The molecule has 0 aliphatic carbocycles. The van der Waals surface area contributed by atoms with Gasteiger partial charge in [-0.1, -0.05) is 6.07 Å². The molecule has 0 unspecified atom stereocenters. The minimum atomic E-state index is -0.520. The van der Waals surface area contributed by atoms with E-state index in [1.54, 1.807) is 26.0 Å². The molecule has 0 saturated carbocycles. The monoisotopic (exact) mass is 293 g/mol. The summed E-state index contributed by atoms with van der Waals surface area (Å²) in [6.45, 7) is 3.96. The van der Waals surface area contributed by atoms with Crippen molar-refractivity contribution in [2.45, 2.75) is 13.8 Å². The van der Waals surface area contributed by atoms with Crippen LogP contribution in [0.3, 0.4) is 0 Å². The maximum atomic E-state index is 12.0. The Morgan fingerprint density at radius 3 is 2.45 bits per heavy atom. The van der Waals surface area contributed by atoms with Crippen LogP contribution in [0.4, 0.5) is 5.00 Å². The maximum absolute atomic E-state index is 12.0. The summed E-state index contributed by atoms with van der Waals surface area (Å²) >= 11 is 1.25. The van der Waals surface area contributed by atoms with Crippen molar-refractivity contribution in [1.82, 2.24) is 0 Å². The minimum absolute atomic E-state index is 0.246. The highest BCUT2D eigenvalue weighted by molar-refractivity contribution is 7.23. The lowest BCUT2D eigenvalue weighted by Crippen LogP contribution is -2.10. The molecule has 0 radical (unpaired) electrons. The largest absolute Gasteiger partial charge is 0.462 e. The first-order chi connectivity index (χ1) is 9.60. The van der Waals surface area contributed by atoms with Gasteiger partial charge in [0.2, 0.25) is 0 Å². The molecule has 0 spiro atoms. The molecule has 0 amide bonds. The van der Waals surface area contributed by atoms with Crippen molar-refractivity contribution in [2.75, 3.05) is 18.9 Å². The molecular weight excluding hydrogens is 278 g/mol. The van der Waals surface area contributed by atoms with E-state index in [2.05, 4.69) is 0 Å². The van der Waals surface area contributed by atoms with Gasteiger partial charge in [-0.2, -0.15) is 0 Å². The van der Waals surface area contributed by atoms with Crippen LogP contribution >= 0.6 is 11.3 Å². The number of nitrogens with two attached hydrogens (primary N) is 1. The van der Waals surface area contributed by atoms with E-state index < -0.39 is 11.9 Å². The lowest BCUT2D eigenvalue weighted by Gasteiger charge is -2.06. The smallest absolute Gasteiger partial charge is 0.341 e. The van der Waals surface area contributed by atoms with Gasteiger partial charge in [0, 0.05) is 10.1 Å². The van der Waals surface area contributed by atoms with Crippen molar-refractivity contribution in [1.29, 1.82) is 0 Å². The van der Waals surface area contributed by atoms with Crippen molar-refractivity contribution < 1.29 is 19.1 Å².